The summed E-state index contributed by atoms with van der Waals surface area (Å²) in [6.07, 6.45) is 3.20. The van der Waals surface area contributed by atoms with Gasteiger partial charge in [-0.05, 0) is 36.0 Å². The quantitative estimate of drug-likeness (QED) is 0.730. The lowest BCUT2D eigenvalue weighted by Gasteiger charge is -2.45. The number of amides is 2. The Morgan fingerprint density at radius 2 is 1.71 bits per heavy atom. The van der Waals surface area contributed by atoms with Crippen LogP contribution < -0.4 is 10.6 Å². The predicted molar refractivity (Wildman–Crippen MR) is 83.2 cm³/mol. The number of carboxylic acids is 1. The average Bonchev–Trinajstić information content (AvgIpc) is 2.20. The molecule has 0 saturated heterocycles. The van der Waals surface area contributed by atoms with Crippen LogP contribution in [0.3, 0.4) is 0 Å². The van der Waals surface area contributed by atoms with Gasteiger partial charge in [0.05, 0.1) is 0 Å². The topological polar surface area (TPSA) is 78.4 Å². The lowest BCUT2D eigenvalue weighted by molar-refractivity contribution is -0.137. The molecule has 5 heteroatoms. The van der Waals surface area contributed by atoms with Gasteiger partial charge in [0.25, 0.3) is 0 Å². The van der Waals surface area contributed by atoms with E-state index >= 15 is 0 Å². The van der Waals surface area contributed by atoms with Crippen molar-refractivity contribution in [2.75, 3.05) is 6.54 Å². The summed E-state index contributed by atoms with van der Waals surface area (Å²) in [5.41, 5.74) is 0.465. The largest absolute Gasteiger partial charge is 0.481 e. The normalized spacial score (nSPS) is 22.3. The second-order valence-corrected chi connectivity index (χ2v) is 8.17. The van der Waals surface area contributed by atoms with E-state index in [1.165, 1.54) is 0 Å². The van der Waals surface area contributed by atoms with Gasteiger partial charge in [0.1, 0.15) is 0 Å². The van der Waals surface area contributed by atoms with E-state index in [2.05, 4.69) is 38.3 Å². The number of carboxylic acid groups (broad SMARTS) is 1. The van der Waals surface area contributed by atoms with Crippen molar-refractivity contribution in [3.8, 4) is 0 Å². The summed E-state index contributed by atoms with van der Waals surface area (Å²) in [7, 11) is 0. The van der Waals surface area contributed by atoms with E-state index in [-0.39, 0.29) is 35.2 Å². The van der Waals surface area contributed by atoms with Crippen LogP contribution in [-0.2, 0) is 4.79 Å². The van der Waals surface area contributed by atoms with Crippen molar-refractivity contribution >= 4 is 12.0 Å². The number of carbonyl (C=O) groups is 2. The molecule has 3 N–H and O–H groups in total. The molecule has 0 aliphatic heterocycles. The number of urea groups is 1. The molecular formula is C16H30N2O3. The van der Waals surface area contributed by atoms with Crippen molar-refractivity contribution in [2.45, 2.75) is 66.3 Å². The van der Waals surface area contributed by atoms with E-state index in [0.29, 0.717) is 6.54 Å². The summed E-state index contributed by atoms with van der Waals surface area (Å²) in [5, 5.41) is 14.5. The van der Waals surface area contributed by atoms with Crippen molar-refractivity contribution in [2.24, 2.45) is 16.7 Å². The molecule has 2 amide bonds. The molecule has 1 fully saturated rings. The Kier molecular flexibility index (Phi) is 5.65. The Balaban J connectivity index is 2.42. The highest BCUT2D eigenvalue weighted by molar-refractivity contribution is 5.74. The number of hydrogen-bond acceptors (Lipinski definition) is 2. The molecule has 5 nitrogen and oxygen atoms in total. The Morgan fingerprint density at radius 1 is 1.19 bits per heavy atom. The predicted octanol–water partition coefficient (Wildman–Crippen LogP) is 3.00. The van der Waals surface area contributed by atoms with Crippen molar-refractivity contribution in [1.29, 1.82) is 0 Å². The zero-order valence-electron chi connectivity index (χ0n) is 14.0. The maximum atomic E-state index is 12.0. The van der Waals surface area contributed by atoms with E-state index in [9.17, 15) is 9.59 Å². The molecule has 0 heterocycles. The van der Waals surface area contributed by atoms with Gasteiger partial charge in [0, 0.05) is 19.0 Å². The van der Waals surface area contributed by atoms with Crippen LogP contribution in [0, 0.1) is 16.7 Å². The molecule has 1 rings (SSSR count). The molecule has 0 radical (unpaired) electrons. The van der Waals surface area contributed by atoms with Crippen molar-refractivity contribution in [3.63, 3.8) is 0 Å². The van der Waals surface area contributed by atoms with E-state index in [4.69, 9.17) is 5.11 Å². The van der Waals surface area contributed by atoms with Crippen LogP contribution >= 0.6 is 0 Å². The van der Waals surface area contributed by atoms with E-state index in [0.717, 1.165) is 19.3 Å². The number of nitrogens with one attached hydrogen (secondary N) is 2. The van der Waals surface area contributed by atoms with Crippen LogP contribution in [0.5, 0.6) is 0 Å². The van der Waals surface area contributed by atoms with Crippen molar-refractivity contribution in [3.05, 3.63) is 0 Å². The summed E-state index contributed by atoms with van der Waals surface area (Å²) < 4.78 is 0. The number of rotatable bonds is 5. The molecule has 1 aliphatic carbocycles. The fourth-order valence-electron chi connectivity index (χ4n) is 3.82. The Hall–Kier alpha value is -1.26. The van der Waals surface area contributed by atoms with Gasteiger partial charge in [-0.3, -0.25) is 4.79 Å². The molecule has 1 atom stereocenters. The highest BCUT2D eigenvalue weighted by Gasteiger charge is 2.38. The van der Waals surface area contributed by atoms with E-state index in [1.54, 1.807) is 0 Å². The zero-order valence-corrected chi connectivity index (χ0v) is 14.0. The highest BCUT2D eigenvalue weighted by atomic mass is 16.4. The van der Waals surface area contributed by atoms with E-state index in [1.807, 2.05) is 6.92 Å². The third kappa shape index (κ3) is 6.82. The lowest BCUT2D eigenvalue weighted by Crippen LogP contribution is -2.49. The molecule has 21 heavy (non-hydrogen) atoms. The van der Waals surface area contributed by atoms with Crippen LogP contribution in [0.25, 0.3) is 0 Å². The monoisotopic (exact) mass is 298 g/mol. The molecule has 0 aromatic carbocycles. The second-order valence-electron chi connectivity index (χ2n) is 8.17. The minimum atomic E-state index is -0.833. The smallest absolute Gasteiger partial charge is 0.315 e. The fraction of sp³-hybridized carbons (Fsp3) is 0.875. The minimum Gasteiger partial charge on any atom is -0.481 e. The number of aliphatic carboxylic acids is 1. The summed E-state index contributed by atoms with van der Waals surface area (Å²) >= 11 is 0. The van der Waals surface area contributed by atoms with Gasteiger partial charge in [-0.15, -0.1) is 0 Å². The highest BCUT2D eigenvalue weighted by Crippen LogP contribution is 2.45. The lowest BCUT2D eigenvalue weighted by atomic mass is 9.63. The Morgan fingerprint density at radius 3 is 2.19 bits per heavy atom. The van der Waals surface area contributed by atoms with Crippen LogP contribution in [0.15, 0.2) is 0 Å². The summed E-state index contributed by atoms with van der Waals surface area (Å²) in [6, 6.07) is -0.00994. The van der Waals surface area contributed by atoms with Gasteiger partial charge in [0.15, 0.2) is 0 Å². The fourth-order valence-corrected chi connectivity index (χ4v) is 3.82. The third-order valence-corrected chi connectivity index (χ3v) is 4.02. The van der Waals surface area contributed by atoms with Gasteiger partial charge >= 0.3 is 12.0 Å². The maximum Gasteiger partial charge on any atom is 0.315 e. The molecule has 0 aromatic heterocycles. The zero-order chi connectivity index (χ0) is 16.3. The molecule has 0 aromatic rings. The van der Waals surface area contributed by atoms with Gasteiger partial charge < -0.3 is 15.7 Å². The maximum absolute atomic E-state index is 12.0. The first-order chi connectivity index (χ1) is 9.49. The van der Waals surface area contributed by atoms with Crippen LogP contribution in [0.4, 0.5) is 4.79 Å². The van der Waals surface area contributed by atoms with Crippen molar-refractivity contribution in [1.82, 2.24) is 10.6 Å². The number of carbonyl (C=O) groups excluding carboxylic acids is 1. The van der Waals surface area contributed by atoms with Gasteiger partial charge in [-0.1, -0.05) is 34.6 Å². The van der Waals surface area contributed by atoms with Crippen LogP contribution in [0.2, 0.25) is 0 Å². The van der Waals surface area contributed by atoms with Crippen LogP contribution in [-0.4, -0.2) is 29.7 Å². The second kappa shape index (κ2) is 6.67. The number of hydrogen-bond donors (Lipinski definition) is 3. The molecule has 0 spiro atoms. The summed E-state index contributed by atoms with van der Waals surface area (Å²) in [6.45, 7) is 11.2. The van der Waals surface area contributed by atoms with Gasteiger partial charge in [-0.2, -0.15) is 0 Å². The Bertz CT molecular complexity index is 375. The SMILES string of the molecule is CC(CNC(=O)NC1CC(C)(C)CC(C)(C)C1)CC(=O)O. The van der Waals surface area contributed by atoms with Crippen LogP contribution in [0.1, 0.15) is 60.3 Å². The first-order valence-electron chi connectivity index (χ1n) is 7.75. The molecule has 0 bridgehead atoms. The van der Waals surface area contributed by atoms with E-state index < -0.39 is 5.97 Å². The molecular weight excluding hydrogens is 268 g/mol. The standard InChI is InChI=1S/C16H30N2O3/c1-11(6-13(19)20)9-17-14(21)18-12-7-15(2,3)10-16(4,5)8-12/h11-12H,6-10H2,1-5H3,(H,19,20)(H2,17,18,21). The average molecular weight is 298 g/mol. The Labute approximate surface area is 127 Å². The van der Waals surface area contributed by atoms with Crippen molar-refractivity contribution < 1.29 is 14.7 Å². The molecule has 1 aliphatic rings. The van der Waals surface area contributed by atoms with Gasteiger partial charge in [0.2, 0.25) is 0 Å². The summed E-state index contributed by atoms with van der Waals surface area (Å²) in [4.78, 5) is 22.5. The molecule has 122 valence electrons. The summed E-state index contributed by atoms with van der Waals surface area (Å²) in [5.74, 6) is -0.895. The first kappa shape index (κ1) is 17.8. The first-order valence-corrected chi connectivity index (χ1v) is 7.75. The molecule has 1 unspecified atom stereocenters. The molecule has 1 saturated carbocycles. The minimum absolute atomic E-state index is 0.0625. The third-order valence-electron chi connectivity index (χ3n) is 4.02. The van der Waals surface area contributed by atoms with Gasteiger partial charge in [-0.25, -0.2) is 4.79 Å².